The van der Waals surface area contributed by atoms with Crippen LogP contribution in [0.1, 0.15) is 29.0 Å². The zero-order chi connectivity index (χ0) is 17.4. The minimum Gasteiger partial charge on any atom is -0.450 e. The van der Waals surface area contributed by atoms with Gasteiger partial charge in [0.05, 0.1) is 0 Å². The number of hydrogen-bond acceptors (Lipinski definition) is 3. The Balaban J connectivity index is 1.66. The molecule has 1 N–H and O–H groups in total. The van der Waals surface area contributed by atoms with Crippen molar-refractivity contribution in [2.24, 2.45) is 5.92 Å². The number of aryl methyl sites for hydroxylation is 1. The molecule has 130 valence electrons. The van der Waals surface area contributed by atoms with Gasteiger partial charge in [-0.15, -0.1) is 0 Å². The first-order chi connectivity index (χ1) is 12.2. The Bertz CT molecular complexity index is 920. The maximum absolute atomic E-state index is 13.0. The summed E-state index contributed by atoms with van der Waals surface area (Å²) in [7, 11) is 1.99. The van der Waals surface area contributed by atoms with E-state index in [1.165, 1.54) is 0 Å². The molecular formula is C21H24N2O2. The first-order valence-corrected chi connectivity index (χ1v) is 9.03. The molecule has 1 fully saturated rings. The highest BCUT2D eigenvalue weighted by Gasteiger charge is 2.27. The Hall–Kier alpha value is -2.33. The molecule has 1 aromatic heterocycles. The average Bonchev–Trinajstić information content (AvgIpc) is 2.99. The molecule has 1 aliphatic heterocycles. The highest BCUT2D eigenvalue weighted by Crippen LogP contribution is 2.32. The third-order valence-corrected chi connectivity index (χ3v) is 5.42. The van der Waals surface area contributed by atoms with Crippen molar-refractivity contribution in [2.75, 3.05) is 26.7 Å². The van der Waals surface area contributed by atoms with Gasteiger partial charge in [0.15, 0.2) is 5.76 Å². The maximum Gasteiger partial charge on any atom is 0.289 e. The molecule has 0 radical (unpaired) electrons. The molecule has 2 aromatic carbocycles. The molecule has 1 amide bonds. The molecule has 0 aliphatic carbocycles. The maximum atomic E-state index is 13.0. The van der Waals surface area contributed by atoms with Crippen LogP contribution in [-0.2, 0) is 0 Å². The predicted octanol–water partition coefficient (Wildman–Crippen LogP) is 3.97. The summed E-state index contributed by atoms with van der Waals surface area (Å²) in [5.41, 5.74) is 1.77. The number of benzene rings is 2. The van der Waals surface area contributed by atoms with Crippen molar-refractivity contribution in [3.8, 4) is 0 Å². The number of fused-ring (bicyclic) bond motifs is 3. The number of nitrogens with zero attached hydrogens (tertiary/aromatic N) is 1. The van der Waals surface area contributed by atoms with Crippen molar-refractivity contribution in [3.63, 3.8) is 0 Å². The van der Waals surface area contributed by atoms with Crippen molar-refractivity contribution in [1.29, 1.82) is 0 Å². The van der Waals surface area contributed by atoms with Crippen LogP contribution in [0, 0.1) is 12.8 Å². The van der Waals surface area contributed by atoms with Crippen LogP contribution in [-0.4, -0.2) is 37.5 Å². The molecule has 4 rings (SSSR count). The van der Waals surface area contributed by atoms with Gasteiger partial charge < -0.3 is 14.6 Å². The van der Waals surface area contributed by atoms with Gasteiger partial charge in [-0.2, -0.15) is 0 Å². The van der Waals surface area contributed by atoms with Crippen molar-refractivity contribution < 1.29 is 9.21 Å². The summed E-state index contributed by atoms with van der Waals surface area (Å²) in [4.78, 5) is 15.0. The molecule has 4 heteroatoms. The van der Waals surface area contributed by atoms with Gasteiger partial charge in [0.25, 0.3) is 5.91 Å². The molecule has 2 heterocycles. The summed E-state index contributed by atoms with van der Waals surface area (Å²) >= 11 is 0. The zero-order valence-electron chi connectivity index (χ0n) is 14.8. The third-order valence-electron chi connectivity index (χ3n) is 5.42. The molecule has 0 spiro atoms. The van der Waals surface area contributed by atoms with E-state index in [1.54, 1.807) is 0 Å². The molecule has 25 heavy (non-hydrogen) atoms. The Morgan fingerprint density at radius 1 is 1.16 bits per heavy atom. The Kier molecular flexibility index (Phi) is 4.22. The van der Waals surface area contributed by atoms with Crippen LogP contribution < -0.4 is 5.32 Å². The van der Waals surface area contributed by atoms with Gasteiger partial charge >= 0.3 is 0 Å². The van der Waals surface area contributed by atoms with Gasteiger partial charge in [-0.1, -0.05) is 36.4 Å². The van der Waals surface area contributed by atoms with Gasteiger partial charge in [0.1, 0.15) is 5.58 Å². The molecule has 0 unspecified atom stereocenters. The van der Waals surface area contributed by atoms with Crippen molar-refractivity contribution in [1.82, 2.24) is 10.2 Å². The predicted molar refractivity (Wildman–Crippen MR) is 101 cm³/mol. The second kappa shape index (κ2) is 6.52. The molecule has 1 saturated heterocycles. The Morgan fingerprint density at radius 2 is 1.92 bits per heavy atom. The summed E-state index contributed by atoms with van der Waals surface area (Å²) in [6, 6.07) is 12.3. The van der Waals surface area contributed by atoms with E-state index in [-0.39, 0.29) is 5.91 Å². The van der Waals surface area contributed by atoms with Crippen LogP contribution in [0.2, 0.25) is 0 Å². The second-order valence-electron chi connectivity index (χ2n) is 7.01. The highest BCUT2D eigenvalue weighted by molar-refractivity contribution is 6.08. The van der Waals surface area contributed by atoms with Gasteiger partial charge in [-0.3, -0.25) is 4.79 Å². The van der Waals surface area contributed by atoms with E-state index in [4.69, 9.17) is 4.42 Å². The number of nitrogens with one attached hydrogen (secondary N) is 1. The topological polar surface area (TPSA) is 45.5 Å². The van der Waals surface area contributed by atoms with E-state index in [0.29, 0.717) is 11.7 Å². The van der Waals surface area contributed by atoms with Crippen LogP contribution in [0.3, 0.4) is 0 Å². The van der Waals surface area contributed by atoms with Gasteiger partial charge in [0, 0.05) is 29.4 Å². The lowest BCUT2D eigenvalue weighted by molar-refractivity contribution is 0.0660. The fourth-order valence-corrected chi connectivity index (χ4v) is 3.93. The minimum atomic E-state index is 0.0284. The number of carbonyl (C=O) groups excluding carboxylic acids is 1. The molecule has 4 nitrogen and oxygen atoms in total. The van der Waals surface area contributed by atoms with Crippen LogP contribution in [0.5, 0.6) is 0 Å². The number of likely N-dealkylation sites (tertiary alicyclic amines) is 1. The summed E-state index contributed by atoms with van der Waals surface area (Å²) in [5.74, 6) is 1.19. The van der Waals surface area contributed by atoms with Gasteiger partial charge in [0.2, 0.25) is 0 Å². The fourth-order valence-electron chi connectivity index (χ4n) is 3.93. The SMILES string of the molecule is CNCC1CCN(C(=O)c2oc3c(ccc4ccccc43)c2C)CC1. The Labute approximate surface area is 147 Å². The number of rotatable bonds is 3. The Morgan fingerprint density at radius 3 is 2.68 bits per heavy atom. The summed E-state index contributed by atoms with van der Waals surface area (Å²) in [5, 5.41) is 6.47. The van der Waals surface area contributed by atoms with E-state index in [2.05, 4.69) is 29.6 Å². The molecule has 0 saturated carbocycles. The van der Waals surface area contributed by atoms with Gasteiger partial charge in [-0.05, 0) is 44.7 Å². The van der Waals surface area contributed by atoms with E-state index in [1.807, 2.05) is 31.0 Å². The molecule has 3 aromatic rings. The van der Waals surface area contributed by atoms with Crippen LogP contribution in [0.4, 0.5) is 0 Å². The lowest BCUT2D eigenvalue weighted by Crippen LogP contribution is -2.40. The van der Waals surface area contributed by atoms with Crippen molar-refractivity contribution >= 4 is 27.6 Å². The average molecular weight is 336 g/mol. The van der Waals surface area contributed by atoms with Crippen LogP contribution >= 0.6 is 0 Å². The largest absolute Gasteiger partial charge is 0.450 e. The number of amides is 1. The number of hydrogen-bond donors (Lipinski definition) is 1. The van der Waals surface area contributed by atoms with E-state index in [0.717, 1.165) is 59.8 Å². The second-order valence-corrected chi connectivity index (χ2v) is 7.01. The van der Waals surface area contributed by atoms with Crippen LogP contribution in [0.15, 0.2) is 40.8 Å². The zero-order valence-corrected chi connectivity index (χ0v) is 14.8. The summed E-state index contributed by atoms with van der Waals surface area (Å²) < 4.78 is 6.10. The number of piperidine rings is 1. The quantitative estimate of drug-likeness (QED) is 0.787. The van der Waals surface area contributed by atoms with Crippen molar-refractivity contribution in [2.45, 2.75) is 19.8 Å². The smallest absolute Gasteiger partial charge is 0.289 e. The summed E-state index contributed by atoms with van der Waals surface area (Å²) in [6.07, 6.45) is 2.10. The molecular weight excluding hydrogens is 312 g/mol. The van der Waals surface area contributed by atoms with Gasteiger partial charge in [-0.25, -0.2) is 0 Å². The van der Waals surface area contributed by atoms with E-state index >= 15 is 0 Å². The van der Waals surface area contributed by atoms with E-state index in [9.17, 15) is 4.79 Å². The molecule has 0 bridgehead atoms. The fraction of sp³-hybridized carbons (Fsp3) is 0.381. The first-order valence-electron chi connectivity index (χ1n) is 9.03. The number of carbonyl (C=O) groups is 1. The first kappa shape index (κ1) is 16.2. The molecule has 1 aliphatic rings. The van der Waals surface area contributed by atoms with Crippen LogP contribution in [0.25, 0.3) is 21.7 Å². The lowest BCUT2D eigenvalue weighted by Gasteiger charge is -2.31. The minimum absolute atomic E-state index is 0.0284. The summed E-state index contributed by atoms with van der Waals surface area (Å²) in [6.45, 7) is 4.63. The third kappa shape index (κ3) is 2.81. The van der Waals surface area contributed by atoms with Crippen molar-refractivity contribution in [3.05, 3.63) is 47.7 Å². The molecule has 0 atom stereocenters. The monoisotopic (exact) mass is 336 g/mol. The number of furan rings is 1. The normalized spacial score (nSPS) is 16.0. The standard InChI is InChI=1S/C21H24N2O2/c1-14-17-8-7-16-5-3-4-6-18(16)20(17)25-19(14)21(24)23-11-9-15(10-12-23)13-22-2/h3-8,15,22H,9-13H2,1-2H3. The van der Waals surface area contributed by atoms with E-state index < -0.39 is 0 Å². The lowest BCUT2D eigenvalue weighted by atomic mass is 9.96. The highest BCUT2D eigenvalue weighted by atomic mass is 16.3.